The Balaban J connectivity index is 1.64. The van der Waals surface area contributed by atoms with Crippen LogP contribution in [-0.4, -0.2) is 22.9 Å². The van der Waals surface area contributed by atoms with Crippen molar-refractivity contribution in [3.63, 3.8) is 0 Å². The van der Waals surface area contributed by atoms with Crippen LogP contribution < -0.4 is 5.32 Å². The van der Waals surface area contributed by atoms with Gasteiger partial charge in [0.1, 0.15) is 6.61 Å². The number of nitrogens with one attached hydrogen (secondary N) is 1. The lowest BCUT2D eigenvalue weighted by molar-refractivity contribution is -0.120. The van der Waals surface area contributed by atoms with Crippen molar-refractivity contribution in [1.29, 1.82) is 0 Å². The van der Waals surface area contributed by atoms with Gasteiger partial charge in [0.05, 0.1) is 6.04 Å². The van der Waals surface area contributed by atoms with Gasteiger partial charge >= 0.3 is 6.09 Å². The molecule has 1 heterocycles. The van der Waals surface area contributed by atoms with Crippen LogP contribution in [0.5, 0.6) is 0 Å². The molecule has 0 unspecified atom stereocenters. The molecule has 0 bridgehead atoms. The summed E-state index contributed by atoms with van der Waals surface area (Å²) in [6.45, 7) is 0.156. The Bertz CT molecular complexity index is 883. The summed E-state index contributed by atoms with van der Waals surface area (Å²) < 4.78 is 5.28. The Hall–Kier alpha value is -3.47. The van der Waals surface area contributed by atoms with Gasteiger partial charge in [-0.1, -0.05) is 60.7 Å². The van der Waals surface area contributed by atoms with Crippen LogP contribution in [0.1, 0.15) is 16.7 Å². The molecule has 28 heavy (non-hydrogen) atoms. The number of rotatable bonds is 8. The zero-order chi connectivity index (χ0) is 19.6. The number of ether oxygens (including phenoxy) is 1. The normalized spacial score (nSPS) is 11.4. The minimum absolute atomic E-state index is 0.0771. The molecule has 0 fully saturated rings. The molecular formula is C23H22N2O3. The minimum Gasteiger partial charge on any atom is -0.445 e. The van der Waals surface area contributed by atoms with Crippen molar-refractivity contribution in [2.24, 2.45) is 0 Å². The van der Waals surface area contributed by atoms with Gasteiger partial charge in [-0.15, -0.1) is 0 Å². The van der Waals surface area contributed by atoms with Crippen molar-refractivity contribution in [2.75, 3.05) is 0 Å². The van der Waals surface area contributed by atoms with Crippen molar-refractivity contribution < 1.29 is 14.3 Å². The predicted molar refractivity (Wildman–Crippen MR) is 107 cm³/mol. The van der Waals surface area contributed by atoms with Gasteiger partial charge in [-0.3, -0.25) is 9.78 Å². The van der Waals surface area contributed by atoms with Crippen LogP contribution in [0, 0.1) is 0 Å². The van der Waals surface area contributed by atoms with Crippen molar-refractivity contribution in [3.05, 3.63) is 102 Å². The number of alkyl carbamates (subject to hydrolysis) is 1. The fourth-order valence-electron chi connectivity index (χ4n) is 2.83. The minimum atomic E-state index is -0.668. The molecule has 0 aliphatic heterocycles. The van der Waals surface area contributed by atoms with Crippen LogP contribution in [0.4, 0.5) is 4.79 Å². The van der Waals surface area contributed by atoms with E-state index in [0.29, 0.717) is 6.42 Å². The molecule has 5 heteroatoms. The number of nitrogens with zero attached hydrogens (tertiary/aromatic N) is 1. The van der Waals surface area contributed by atoms with E-state index in [9.17, 15) is 9.59 Å². The quantitative estimate of drug-likeness (QED) is 0.652. The predicted octanol–water partition coefficient (Wildman–Crippen LogP) is 3.73. The summed E-state index contributed by atoms with van der Waals surface area (Å²) in [5.41, 5.74) is 2.72. The van der Waals surface area contributed by atoms with E-state index in [1.54, 1.807) is 24.5 Å². The van der Waals surface area contributed by atoms with Gasteiger partial charge in [0.15, 0.2) is 5.78 Å². The maximum Gasteiger partial charge on any atom is 0.408 e. The molecule has 1 atom stereocenters. The van der Waals surface area contributed by atoms with E-state index in [2.05, 4.69) is 10.3 Å². The number of hydrogen-bond acceptors (Lipinski definition) is 4. The number of hydrogen-bond donors (Lipinski definition) is 1. The number of pyridine rings is 1. The second-order valence-corrected chi connectivity index (χ2v) is 6.45. The standard InChI is InChI=1S/C23H22N2O3/c26-22(16-19-11-13-24-14-12-19)21(15-18-7-3-1-4-8-18)25-23(27)28-17-20-9-5-2-6-10-20/h1-14,21H,15-17H2,(H,25,27)/t21-/m0/s1. The monoisotopic (exact) mass is 374 g/mol. The van der Waals surface area contributed by atoms with E-state index in [1.807, 2.05) is 60.7 Å². The maximum atomic E-state index is 12.8. The van der Waals surface area contributed by atoms with Gasteiger partial charge in [-0.25, -0.2) is 4.79 Å². The van der Waals surface area contributed by atoms with E-state index < -0.39 is 12.1 Å². The van der Waals surface area contributed by atoms with Gasteiger partial charge in [0.25, 0.3) is 0 Å². The van der Waals surface area contributed by atoms with E-state index in [0.717, 1.165) is 16.7 Å². The Morgan fingerprint density at radius 1 is 0.821 bits per heavy atom. The molecule has 1 N–H and O–H groups in total. The summed E-state index contributed by atoms with van der Waals surface area (Å²) >= 11 is 0. The zero-order valence-corrected chi connectivity index (χ0v) is 15.5. The molecule has 3 aromatic rings. The Morgan fingerprint density at radius 2 is 1.43 bits per heavy atom. The van der Waals surface area contributed by atoms with Crippen LogP contribution in [0.25, 0.3) is 0 Å². The van der Waals surface area contributed by atoms with E-state index >= 15 is 0 Å². The fraction of sp³-hybridized carbons (Fsp3) is 0.174. The number of Topliss-reactive ketones (excluding diaryl/α,β-unsaturated/α-hetero) is 1. The van der Waals surface area contributed by atoms with Gasteiger partial charge in [0, 0.05) is 18.8 Å². The lowest BCUT2D eigenvalue weighted by atomic mass is 9.98. The highest BCUT2D eigenvalue weighted by atomic mass is 16.5. The van der Waals surface area contributed by atoms with Crippen LogP contribution >= 0.6 is 0 Å². The molecule has 1 amide bonds. The van der Waals surface area contributed by atoms with Gasteiger partial charge in [-0.2, -0.15) is 0 Å². The third-order valence-corrected chi connectivity index (χ3v) is 4.30. The van der Waals surface area contributed by atoms with E-state index in [4.69, 9.17) is 4.74 Å². The van der Waals surface area contributed by atoms with Crippen LogP contribution in [-0.2, 0) is 29.0 Å². The number of benzene rings is 2. The number of aromatic nitrogens is 1. The molecule has 142 valence electrons. The molecule has 0 aliphatic rings. The molecule has 0 spiro atoms. The second-order valence-electron chi connectivity index (χ2n) is 6.45. The Labute approximate surface area is 164 Å². The third-order valence-electron chi connectivity index (χ3n) is 4.30. The highest BCUT2D eigenvalue weighted by Crippen LogP contribution is 2.09. The number of carbonyl (C=O) groups excluding carboxylic acids is 2. The average molecular weight is 374 g/mol. The highest BCUT2D eigenvalue weighted by Gasteiger charge is 2.22. The molecule has 5 nitrogen and oxygen atoms in total. The van der Waals surface area contributed by atoms with Crippen molar-refractivity contribution in [3.8, 4) is 0 Å². The molecule has 0 saturated heterocycles. The first-order chi connectivity index (χ1) is 13.7. The smallest absolute Gasteiger partial charge is 0.408 e. The van der Waals surface area contributed by atoms with Crippen LogP contribution in [0.2, 0.25) is 0 Å². The molecule has 0 aliphatic carbocycles. The van der Waals surface area contributed by atoms with Gasteiger partial charge in [-0.05, 0) is 35.2 Å². The molecule has 2 aromatic carbocycles. The molecular weight excluding hydrogens is 352 g/mol. The first-order valence-electron chi connectivity index (χ1n) is 9.13. The summed E-state index contributed by atoms with van der Waals surface area (Å²) in [6, 6.07) is 22.0. The first kappa shape index (κ1) is 19.3. The molecule has 0 radical (unpaired) electrons. The topological polar surface area (TPSA) is 68.3 Å². The molecule has 0 saturated carbocycles. The van der Waals surface area contributed by atoms with E-state index in [1.165, 1.54) is 0 Å². The maximum absolute atomic E-state index is 12.8. The zero-order valence-electron chi connectivity index (χ0n) is 15.5. The molecule has 3 rings (SSSR count). The van der Waals surface area contributed by atoms with Gasteiger partial charge in [0.2, 0.25) is 0 Å². The second kappa shape index (κ2) is 10.0. The van der Waals surface area contributed by atoms with Crippen LogP contribution in [0.3, 0.4) is 0 Å². The van der Waals surface area contributed by atoms with Gasteiger partial charge < -0.3 is 10.1 Å². The van der Waals surface area contributed by atoms with Crippen molar-refractivity contribution in [1.82, 2.24) is 10.3 Å². The third kappa shape index (κ3) is 6.06. The number of amides is 1. The lowest BCUT2D eigenvalue weighted by Gasteiger charge is -2.18. The molecule has 1 aromatic heterocycles. The summed E-state index contributed by atoms with van der Waals surface area (Å²) in [5, 5.41) is 2.73. The summed E-state index contributed by atoms with van der Waals surface area (Å²) in [5.74, 6) is -0.0771. The SMILES string of the molecule is O=C(N[C@@H](Cc1ccccc1)C(=O)Cc1ccncc1)OCc1ccccc1. The Morgan fingerprint density at radius 3 is 2.07 bits per heavy atom. The lowest BCUT2D eigenvalue weighted by Crippen LogP contribution is -2.43. The number of carbonyl (C=O) groups is 2. The van der Waals surface area contributed by atoms with Crippen molar-refractivity contribution >= 4 is 11.9 Å². The van der Waals surface area contributed by atoms with E-state index in [-0.39, 0.29) is 18.8 Å². The fourth-order valence-corrected chi connectivity index (χ4v) is 2.83. The largest absolute Gasteiger partial charge is 0.445 e. The first-order valence-corrected chi connectivity index (χ1v) is 9.13. The summed E-state index contributed by atoms with van der Waals surface area (Å²) in [4.78, 5) is 29.1. The average Bonchev–Trinajstić information content (AvgIpc) is 2.74. The van der Waals surface area contributed by atoms with Crippen LogP contribution in [0.15, 0.2) is 85.2 Å². The summed E-state index contributed by atoms with van der Waals surface area (Å²) in [6.07, 6.45) is 3.32. The van der Waals surface area contributed by atoms with Crippen molar-refractivity contribution in [2.45, 2.75) is 25.5 Å². The Kier molecular flexibility index (Phi) is 6.90. The number of ketones is 1. The highest BCUT2D eigenvalue weighted by molar-refractivity contribution is 5.89. The summed E-state index contributed by atoms with van der Waals surface area (Å²) in [7, 11) is 0.